The molecule has 1 aliphatic rings. The standard InChI is InChI=1S/C31H26BNO3/c1-30(2)31(3,4)36-32(35-30)24-18-21-12-8-9-13-22(21)27-23(24)16-14-19-15-17-25-28(26(19)27)34-29(33-25)20-10-6-5-7-11-20/h5-18H,1-4H3. The number of rotatable bonds is 2. The molecule has 1 saturated heterocycles. The molecule has 1 aromatic heterocycles. The molecule has 0 aliphatic carbocycles. The lowest BCUT2D eigenvalue weighted by atomic mass is 9.74. The van der Waals surface area contributed by atoms with Crippen molar-refractivity contribution < 1.29 is 13.7 Å². The molecule has 1 aliphatic heterocycles. The van der Waals surface area contributed by atoms with Gasteiger partial charge in [0.2, 0.25) is 5.89 Å². The van der Waals surface area contributed by atoms with Gasteiger partial charge in [-0.3, -0.25) is 0 Å². The van der Waals surface area contributed by atoms with Gasteiger partial charge in [0.25, 0.3) is 0 Å². The Morgan fingerprint density at radius 2 is 1.36 bits per heavy atom. The first-order valence-electron chi connectivity index (χ1n) is 12.4. The predicted octanol–water partition coefficient (Wildman–Crippen LogP) is 7.25. The zero-order valence-electron chi connectivity index (χ0n) is 20.8. The average Bonchev–Trinajstić information content (AvgIpc) is 3.41. The lowest BCUT2D eigenvalue weighted by Gasteiger charge is -2.32. The molecule has 0 spiro atoms. The third-order valence-electron chi connectivity index (χ3n) is 7.92. The van der Waals surface area contributed by atoms with Crippen LogP contribution < -0.4 is 5.46 Å². The van der Waals surface area contributed by atoms with Crippen molar-refractivity contribution in [2.45, 2.75) is 38.9 Å². The lowest BCUT2D eigenvalue weighted by Crippen LogP contribution is -2.41. The maximum atomic E-state index is 6.51. The summed E-state index contributed by atoms with van der Waals surface area (Å²) in [5.74, 6) is 0.626. The molecule has 2 heterocycles. The van der Waals surface area contributed by atoms with Crippen molar-refractivity contribution in [3.8, 4) is 11.5 Å². The Bertz CT molecular complexity index is 1790. The largest absolute Gasteiger partial charge is 0.495 e. The fraction of sp³-hybridized carbons (Fsp3) is 0.194. The molecule has 5 aromatic carbocycles. The number of nitrogens with zero attached hydrogens (tertiary/aromatic N) is 1. The molecule has 4 nitrogen and oxygen atoms in total. The zero-order valence-corrected chi connectivity index (χ0v) is 20.8. The molecule has 0 atom stereocenters. The van der Waals surface area contributed by atoms with Crippen LogP contribution in [0.1, 0.15) is 27.7 Å². The predicted molar refractivity (Wildman–Crippen MR) is 148 cm³/mol. The summed E-state index contributed by atoms with van der Waals surface area (Å²) in [7, 11) is -0.464. The summed E-state index contributed by atoms with van der Waals surface area (Å²) in [5.41, 5.74) is 2.80. The number of hydrogen-bond acceptors (Lipinski definition) is 4. The second-order valence-corrected chi connectivity index (χ2v) is 10.7. The molecule has 0 bridgehead atoms. The maximum absolute atomic E-state index is 6.51. The highest BCUT2D eigenvalue weighted by molar-refractivity contribution is 6.66. The van der Waals surface area contributed by atoms with Gasteiger partial charge >= 0.3 is 7.12 Å². The number of benzene rings is 5. The van der Waals surface area contributed by atoms with Crippen molar-refractivity contribution in [3.63, 3.8) is 0 Å². The van der Waals surface area contributed by atoms with Gasteiger partial charge in [0.15, 0.2) is 5.58 Å². The van der Waals surface area contributed by atoms with Gasteiger partial charge in [-0.1, -0.05) is 66.7 Å². The molecular formula is C31H26BNO3. The molecule has 0 N–H and O–H groups in total. The van der Waals surface area contributed by atoms with Gasteiger partial charge in [-0.15, -0.1) is 0 Å². The van der Waals surface area contributed by atoms with E-state index in [4.69, 9.17) is 18.7 Å². The quantitative estimate of drug-likeness (QED) is 0.197. The Morgan fingerprint density at radius 3 is 2.14 bits per heavy atom. The average molecular weight is 471 g/mol. The molecule has 0 radical (unpaired) electrons. The minimum absolute atomic E-state index is 0.421. The first-order valence-corrected chi connectivity index (χ1v) is 12.4. The number of hydrogen-bond donors (Lipinski definition) is 0. The van der Waals surface area contributed by atoms with Crippen LogP contribution in [0.15, 0.2) is 89.3 Å². The van der Waals surface area contributed by atoms with Gasteiger partial charge < -0.3 is 13.7 Å². The highest BCUT2D eigenvalue weighted by Crippen LogP contribution is 2.40. The second kappa shape index (κ2) is 7.42. The van der Waals surface area contributed by atoms with Crippen molar-refractivity contribution in [3.05, 3.63) is 84.9 Å². The Morgan fingerprint density at radius 1 is 0.667 bits per heavy atom. The monoisotopic (exact) mass is 471 g/mol. The van der Waals surface area contributed by atoms with Crippen LogP contribution in [-0.2, 0) is 9.31 Å². The molecule has 36 heavy (non-hydrogen) atoms. The van der Waals surface area contributed by atoms with Crippen LogP contribution in [0.4, 0.5) is 0 Å². The summed E-state index contributed by atoms with van der Waals surface area (Å²) in [4.78, 5) is 4.84. The fourth-order valence-corrected chi connectivity index (χ4v) is 5.28. The number of aromatic nitrogens is 1. The third-order valence-corrected chi connectivity index (χ3v) is 7.92. The van der Waals surface area contributed by atoms with Crippen molar-refractivity contribution in [1.82, 2.24) is 4.98 Å². The van der Waals surface area contributed by atoms with Gasteiger partial charge in [-0.2, -0.15) is 0 Å². The van der Waals surface area contributed by atoms with Crippen molar-refractivity contribution in [2.75, 3.05) is 0 Å². The van der Waals surface area contributed by atoms with Gasteiger partial charge in [-0.25, -0.2) is 4.98 Å². The lowest BCUT2D eigenvalue weighted by molar-refractivity contribution is 0.00578. The Balaban J connectivity index is 1.58. The van der Waals surface area contributed by atoms with Crippen LogP contribution >= 0.6 is 0 Å². The molecule has 7 rings (SSSR count). The molecule has 5 heteroatoms. The van der Waals surface area contributed by atoms with Crippen LogP contribution in [0.2, 0.25) is 0 Å². The van der Waals surface area contributed by atoms with Crippen LogP contribution in [0, 0.1) is 0 Å². The summed E-state index contributed by atoms with van der Waals surface area (Å²) in [5, 5.41) is 6.73. The highest BCUT2D eigenvalue weighted by atomic mass is 16.7. The highest BCUT2D eigenvalue weighted by Gasteiger charge is 2.52. The first-order chi connectivity index (χ1) is 17.3. The first kappa shape index (κ1) is 21.6. The molecular weight excluding hydrogens is 445 g/mol. The topological polar surface area (TPSA) is 44.5 Å². The van der Waals surface area contributed by atoms with Crippen molar-refractivity contribution >= 4 is 56.0 Å². The van der Waals surface area contributed by atoms with Gasteiger partial charge in [-0.05, 0) is 72.9 Å². The number of oxazole rings is 1. The van der Waals surface area contributed by atoms with E-state index < -0.39 is 18.3 Å². The van der Waals surface area contributed by atoms with Crippen molar-refractivity contribution in [1.29, 1.82) is 0 Å². The van der Waals surface area contributed by atoms with Crippen molar-refractivity contribution in [2.24, 2.45) is 0 Å². The van der Waals surface area contributed by atoms with Crippen LogP contribution in [0.5, 0.6) is 0 Å². The maximum Gasteiger partial charge on any atom is 0.495 e. The van der Waals surface area contributed by atoms with Crippen LogP contribution in [-0.4, -0.2) is 23.3 Å². The Hall–Kier alpha value is -3.67. The van der Waals surface area contributed by atoms with E-state index in [9.17, 15) is 0 Å². The summed E-state index contributed by atoms with van der Waals surface area (Å²) in [6, 6.07) is 29.3. The van der Waals surface area contributed by atoms with Gasteiger partial charge in [0, 0.05) is 16.3 Å². The van der Waals surface area contributed by atoms with Gasteiger partial charge in [0.05, 0.1) is 11.2 Å². The molecule has 6 aromatic rings. The minimum atomic E-state index is -0.464. The Labute approximate surface area is 210 Å². The molecule has 176 valence electrons. The normalized spacial score (nSPS) is 17.1. The van der Waals surface area contributed by atoms with Gasteiger partial charge in [0.1, 0.15) is 5.52 Å². The second-order valence-electron chi connectivity index (χ2n) is 10.7. The van der Waals surface area contributed by atoms with Crippen LogP contribution in [0.25, 0.3) is 54.9 Å². The molecule has 0 saturated carbocycles. The fourth-order valence-electron chi connectivity index (χ4n) is 5.28. The van der Waals surface area contributed by atoms with E-state index in [0.29, 0.717) is 5.89 Å². The van der Waals surface area contributed by atoms with E-state index in [2.05, 4.69) is 76.2 Å². The van der Waals surface area contributed by atoms with E-state index in [-0.39, 0.29) is 0 Å². The van der Waals surface area contributed by atoms with E-state index in [1.807, 2.05) is 36.4 Å². The number of fused-ring (bicyclic) bond motifs is 7. The molecule has 1 fully saturated rings. The summed E-state index contributed by atoms with van der Waals surface area (Å²) in [6.45, 7) is 8.37. The molecule has 0 unspecified atom stereocenters. The van der Waals surface area contributed by atoms with Crippen LogP contribution in [0.3, 0.4) is 0 Å². The van der Waals surface area contributed by atoms with E-state index >= 15 is 0 Å². The van der Waals surface area contributed by atoms with E-state index in [1.165, 1.54) is 5.39 Å². The summed E-state index contributed by atoms with van der Waals surface area (Å²) < 4.78 is 19.5. The van der Waals surface area contributed by atoms with E-state index in [0.717, 1.165) is 49.1 Å². The SMILES string of the molecule is CC1(C)OB(c2cc3ccccc3c3c2ccc2ccc4nc(-c5ccccc5)oc4c23)OC1(C)C. The van der Waals surface area contributed by atoms with E-state index in [1.54, 1.807) is 0 Å². The smallest absolute Gasteiger partial charge is 0.435 e. The zero-order chi connectivity index (χ0) is 24.7. The summed E-state index contributed by atoms with van der Waals surface area (Å²) in [6.07, 6.45) is 0. The summed E-state index contributed by atoms with van der Waals surface area (Å²) >= 11 is 0. The molecule has 0 amide bonds. The Kier molecular flexibility index (Phi) is 4.45. The minimum Gasteiger partial charge on any atom is -0.435 e. The third kappa shape index (κ3) is 3.06.